The third-order valence-corrected chi connectivity index (χ3v) is 2.86. The number of aryl methyl sites for hydroxylation is 1. The molecule has 1 amide bonds. The van der Waals surface area contributed by atoms with E-state index in [1.165, 1.54) is 12.1 Å². The van der Waals surface area contributed by atoms with Gasteiger partial charge in [0.1, 0.15) is 11.6 Å². The largest absolute Gasteiger partial charge is 0.484 e. The monoisotopic (exact) mass is 253 g/mol. The van der Waals surface area contributed by atoms with Gasteiger partial charge in [0.05, 0.1) is 0 Å². The summed E-state index contributed by atoms with van der Waals surface area (Å²) in [5.74, 6) is 0.0427. The third kappa shape index (κ3) is 4.35. The fraction of sp³-hybridized carbons (Fsp3) is 0.500. The van der Waals surface area contributed by atoms with E-state index in [4.69, 9.17) is 4.74 Å². The minimum absolute atomic E-state index is 0.0610. The highest BCUT2D eigenvalue weighted by molar-refractivity contribution is 5.78. The SMILES string of the molecule is CCC(C)(C)NC(=O)COc1ccc(F)c(C)c1. The molecule has 0 bridgehead atoms. The summed E-state index contributed by atoms with van der Waals surface area (Å²) >= 11 is 0. The van der Waals surface area contributed by atoms with Gasteiger partial charge in [-0.2, -0.15) is 0 Å². The summed E-state index contributed by atoms with van der Waals surface area (Å²) in [6.45, 7) is 7.50. The van der Waals surface area contributed by atoms with Crippen LogP contribution in [0.2, 0.25) is 0 Å². The molecule has 0 saturated heterocycles. The average Bonchev–Trinajstić information content (AvgIpc) is 2.30. The van der Waals surface area contributed by atoms with E-state index < -0.39 is 0 Å². The highest BCUT2D eigenvalue weighted by Gasteiger charge is 2.17. The quantitative estimate of drug-likeness (QED) is 0.876. The normalized spacial score (nSPS) is 11.2. The highest BCUT2D eigenvalue weighted by Crippen LogP contribution is 2.15. The summed E-state index contributed by atoms with van der Waals surface area (Å²) in [5.41, 5.74) is 0.265. The van der Waals surface area contributed by atoms with E-state index in [1.54, 1.807) is 13.0 Å². The molecule has 0 unspecified atom stereocenters. The maximum Gasteiger partial charge on any atom is 0.258 e. The van der Waals surface area contributed by atoms with Crippen molar-refractivity contribution in [3.05, 3.63) is 29.6 Å². The number of hydrogen-bond donors (Lipinski definition) is 1. The van der Waals surface area contributed by atoms with E-state index in [9.17, 15) is 9.18 Å². The molecule has 0 heterocycles. The third-order valence-electron chi connectivity index (χ3n) is 2.86. The fourth-order valence-electron chi connectivity index (χ4n) is 1.36. The number of amides is 1. The molecule has 0 aromatic heterocycles. The van der Waals surface area contributed by atoms with E-state index in [0.717, 1.165) is 6.42 Å². The lowest BCUT2D eigenvalue weighted by Gasteiger charge is -2.24. The number of rotatable bonds is 5. The van der Waals surface area contributed by atoms with Gasteiger partial charge in [-0.25, -0.2) is 4.39 Å². The molecule has 0 aliphatic carbocycles. The molecule has 0 aliphatic heterocycles. The number of hydrogen-bond acceptors (Lipinski definition) is 2. The molecule has 18 heavy (non-hydrogen) atoms. The second-order valence-corrected chi connectivity index (χ2v) is 4.99. The van der Waals surface area contributed by atoms with Crippen molar-refractivity contribution in [1.82, 2.24) is 5.32 Å². The number of carbonyl (C=O) groups is 1. The summed E-state index contributed by atoms with van der Waals surface area (Å²) in [5, 5.41) is 2.86. The number of carbonyl (C=O) groups excluding carboxylic acids is 1. The van der Waals surface area contributed by atoms with Gasteiger partial charge in [-0.3, -0.25) is 4.79 Å². The van der Waals surface area contributed by atoms with Gasteiger partial charge in [0.15, 0.2) is 6.61 Å². The van der Waals surface area contributed by atoms with Gasteiger partial charge in [-0.15, -0.1) is 0 Å². The van der Waals surface area contributed by atoms with Crippen LogP contribution in [-0.2, 0) is 4.79 Å². The van der Waals surface area contributed by atoms with E-state index in [0.29, 0.717) is 11.3 Å². The number of halogens is 1. The summed E-state index contributed by atoms with van der Waals surface area (Å²) < 4.78 is 18.3. The zero-order valence-corrected chi connectivity index (χ0v) is 11.3. The maximum atomic E-state index is 13.0. The number of benzene rings is 1. The Kier molecular flexibility index (Phi) is 4.70. The molecule has 0 fully saturated rings. The molecule has 3 nitrogen and oxygen atoms in total. The topological polar surface area (TPSA) is 38.3 Å². The second kappa shape index (κ2) is 5.85. The lowest BCUT2D eigenvalue weighted by molar-refractivity contribution is -0.124. The van der Waals surface area contributed by atoms with Crippen LogP contribution < -0.4 is 10.1 Å². The Hall–Kier alpha value is -1.58. The van der Waals surface area contributed by atoms with Gasteiger partial charge in [0.25, 0.3) is 5.91 Å². The zero-order valence-electron chi connectivity index (χ0n) is 11.3. The van der Waals surface area contributed by atoms with E-state index in [2.05, 4.69) is 5.32 Å². The van der Waals surface area contributed by atoms with E-state index in [-0.39, 0.29) is 23.9 Å². The van der Waals surface area contributed by atoms with E-state index in [1.807, 2.05) is 20.8 Å². The second-order valence-electron chi connectivity index (χ2n) is 4.99. The Morgan fingerprint density at radius 3 is 2.67 bits per heavy atom. The van der Waals surface area contributed by atoms with Crippen LogP contribution in [-0.4, -0.2) is 18.1 Å². The van der Waals surface area contributed by atoms with Gasteiger partial charge in [-0.05, 0) is 51.0 Å². The smallest absolute Gasteiger partial charge is 0.258 e. The predicted octanol–water partition coefficient (Wildman–Crippen LogP) is 2.82. The van der Waals surface area contributed by atoms with Crippen LogP contribution >= 0.6 is 0 Å². The van der Waals surface area contributed by atoms with Gasteiger partial charge < -0.3 is 10.1 Å². The first-order valence-electron chi connectivity index (χ1n) is 6.04. The first-order valence-corrected chi connectivity index (χ1v) is 6.04. The molecular weight excluding hydrogens is 233 g/mol. The van der Waals surface area contributed by atoms with Gasteiger partial charge in [0, 0.05) is 5.54 Å². The standard InChI is InChI=1S/C14H20FNO2/c1-5-14(3,4)16-13(17)9-18-11-6-7-12(15)10(2)8-11/h6-8H,5,9H2,1-4H3,(H,16,17). The van der Waals surface area contributed by atoms with Crippen LogP contribution in [0.15, 0.2) is 18.2 Å². The Balaban J connectivity index is 2.50. The van der Waals surface area contributed by atoms with Crippen molar-refractivity contribution in [2.75, 3.05) is 6.61 Å². The zero-order chi connectivity index (χ0) is 13.8. The predicted molar refractivity (Wildman–Crippen MR) is 69.1 cm³/mol. The van der Waals surface area contributed by atoms with Crippen LogP contribution in [0.1, 0.15) is 32.8 Å². The Morgan fingerprint density at radius 2 is 2.11 bits per heavy atom. The average molecular weight is 253 g/mol. The molecule has 1 rings (SSSR count). The van der Waals surface area contributed by atoms with Crippen molar-refractivity contribution in [3.63, 3.8) is 0 Å². The Bertz CT molecular complexity index is 430. The minimum atomic E-state index is -0.279. The molecule has 0 saturated carbocycles. The molecule has 4 heteroatoms. The molecule has 0 atom stereocenters. The lowest BCUT2D eigenvalue weighted by atomic mass is 10.0. The van der Waals surface area contributed by atoms with Crippen molar-refractivity contribution >= 4 is 5.91 Å². The molecule has 0 radical (unpaired) electrons. The first kappa shape index (κ1) is 14.5. The van der Waals surface area contributed by atoms with Crippen LogP contribution in [0, 0.1) is 12.7 Å². The molecule has 100 valence electrons. The lowest BCUT2D eigenvalue weighted by Crippen LogP contribution is -2.44. The van der Waals surface area contributed by atoms with Crippen molar-refractivity contribution in [3.8, 4) is 5.75 Å². The molecule has 0 aliphatic rings. The Labute approximate surface area is 107 Å². The number of nitrogens with one attached hydrogen (secondary N) is 1. The van der Waals surface area contributed by atoms with Crippen LogP contribution in [0.5, 0.6) is 5.75 Å². The molecule has 1 aromatic rings. The van der Waals surface area contributed by atoms with Crippen LogP contribution in [0.3, 0.4) is 0 Å². The first-order chi connectivity index (χ1) is 8.34. The van der Waals surface area contributed by atoms with Crippen LogP contribution in [0.25, 0.3) is 0 Å². The van der Waals surface area contributed by atoms with Crippen LogP contribution in [0.4, 0.5) is 4.39 Å². The fourth-order valence-corrected chi connectivity index (χ4v) is 1.36. The maximum absolute atomic E-state index is 13.0. The summed E-state index contributed by atoms with van der Waals surface area (Å²) in [4.78, 5) is 11.6. The van der Waals surface area contributed by atoms with E-state index >= 15 is 0 Å². The van der Waals surface area contributed by atoms with Crippen molar-refractivity contribution < 1.29 is 13.9 Å². The number of ether oxygens (including phenoxy) is 1. The summed E-state index contributed by atoms with van der Waals surface area (Å²) in [6.07, 6.45) is 0.842. The van der Waals surface area contributed by atoms with Gasteiger partial charge >= 0.3 is 0 Å². The Morgan fingerprint density at radius 1 is 1.44 bits per heavy atom. The van der Waals surface area contributed by atoms with Gasteiger partial charge in [0.2, 0.25) is 0 Å². The van der Waals surface area contributed by atoms with Crippen molar-refractivity contribution in [2.45, 2.75) is 39.7 Å². The van der Waals surface area contributed by atoms with Crippen molar-refractivity contribution in [1.29, 1.82) is 0 Å². The van der Waals surface area contributed by atoms with Crippen molar-refractivity contribution in [2.24, 2.45) is 0 Å². The molecular formula is C14H20FNO2. The highest BCUT2D eigenvalue weighted by atomic mass is 19.1. The molecule has 1 aromatic carbocycles. The molecule has 0 spiro atoms. The van der Waals surface area contributed by atoms with Gasteiger partial charge in [-0.1, -0.05) is 6.92 Å². The summed E-state index contributed by atoms with van der Waals surface area (Å²) in [7, 11) is 0. The molecule has 1 N–H and O–H groups in total. The summed E-state index contributed by atoms with van der Waals surface area (Å²) in [6, 6.07) is 4.42. The minimum Gasteiger partial charge on any atom is -0.484 e.